The number of rotatable bonds is 0. The first-order chi connectivity index (χ1) is 21.8. The van der Waals surface area contributed by atoms with Crippen molar-refractivity contribution in [2.45, 2.75) is 0 Å². The summed E-state index contributed by atoms with van der Waals surface area (Å²) in [4.78, 5) is 13.2. The van der Waals surface area contributed by atoms with Crippen LogP contribution in [-0.2, 0) is 18.9 Å². The molecular formula is C35H36O9. The van der Waals surface area contributed by atoms with E-state index in [9.17, 15) is 4.79 Å². The summed E-state index contributed by atoms with van der Waals surface area (Å²) in [5, 5.41) is 1.95. The molecule has 9 heteroatoms. The SMILES string of the molecule is O=C1c2cc3ccc2-c2ccc(cc21)OCCOCCOCCOc1cccc2c(cccc12)OCCOCCOCCO3. The number of benzene rings is 4. The van der Waals surface area contributed by atoms with E-state index < -0.39 is 0 Å². The van der Waals surface area contributed by atoms with E-state index in [1.54, 1.807) is 12.1 Å². The van der Waals surface area contributed by atoms with Crippen LogP contribution in [0.25, 0.3) is 21.9 Å². The second-order valence-electron chi connectivity index (χ2n) is 10.2. The number of carbonyl (C=O) groups is 1. The van der Waals surface area contributed by atoms with E-state index in [0.29, 0.717) is 102 Å². The molecule has 6 rings (SSSR count). The van der Waals surface area contributed by atoms with Crippen LogP contribution in [-0.4, -0.2) is 85.1 Å². The van der Waals surface area contributed by atoms with E-state index in [4.69, 9.17) is 37.9 Å². The monoisotopic (exact) mass is 600 g/mol. The van der Waals surface area contributed by atoms with Crippen LogP contribution in [0.4, 0.5) is 0 Å². The van der Waals surface area contributed by atoms with Crippen molar-refractivity contribution in [3.05, 3.63) is 83.9 Å². The minimum Gasteiger partial charge on any atom is -0.491 e. The van der Waals surface area contributed by atoms with Gasteiger partial charge in [-0.15, -0.1) is 0 Å². The number of ketones is 1. The topological polar surface area (TPSA) is 90.9 Å². The molecule has 4 aromatic carbocycles. The van der Waals surface area contributed by atoms with Gasteiger partial charge >= 0.3 is 0 Å². The quantitative estimate of drug-likeness (QED) is 0.233. The van der Waals surface area contributed by atoms with Crippen molar-refractivity contribution >= 4 is 16.6 Å². The Kier molecular flexibility index (Phi) is 10.2. The molecule has 8 bridgehead atoms. The third-order valence-corrected chi connectivity index (χ3v) is 7.31. The molecular weight excluding hydrogens is 564 g/mol. The molecule has 0 atom stereocenters. The lowest BCUT2D eigenvalue weighted by atomic mass is 10.1. The lowest BCUT2D eigenvalue weighted by molar-refractivity contribution is 0.0274. The van der Waals surface area contributed by atoms with E-state index in [0.717, 1.165) is 33.4 Å². The van der Waals surface area contributed by atoms with Gasteiger partial charge in [0.2, 0.25) is 0 Å². The lowest BCUT2D eigenvalue weighted by Gasteiger charge is -2.13. The fraction of sp³-hybridized carbons (Fsp3) is 0.343. The molecule has 0 amide bonds. The standard InChI is InChI=1S/C35H36O9/c36-35-31-23-25-7-9-27(31)28-10-8-26(24-32(28)35)42-20-16-38-12-14-40-18-22-44-34-6-2-4-30-29(34)3-1-5-33(30)43-21-17-39-13-11-37-15-19-41-25/h1-10,23-24H,11-22H2. The van der Waals surface area contributed by atoms with Crippen molar-refractivity contribution in [3.63, 3.8) is 0 Å². The number of ether oxygens (including phenoxy) is 8. The van der Waals surface area contributed by atoms with E-state index in [2.05, 4.69) is 0 Å². The van der Waals surface area contributed by atoms with Crippen molar-refractivity contribution in [1.29, 1.82) is 0 Å². The molecule has 0 radical (unpaired) electrons. The Balaban J connectivity index is 1.05. The predicted molar refractivity (Wildman–Crippen MR) is 165 cm³/mol. The van der Waals surface area contributed by atoms with Gasteiger partial charge in [0.1, 0.15) is 49.4 Å². The number of carbonyl (C=O) groups excluding carboxylic acids is 1. The molecule has 230 valence electrons. The van der Waals surface area contributed by atoms with Crippen molar-refractivity contribution in [2.75, 3.05) is 79.3 Å². The van der Waals surface area contributed by atoms with Gasteiger partial charge in [-0.05, 0) is 59.7 Å². The van der Waals surface area contributed by atoms with Crippen LogP contribution < -0.4 is 18.9 Å². The summed E-state index contributed by atoms with van der Waals surface area (Å²) >= 11 is 0. The summed E-state index contributed by atoms with van der Waals surface area (Å²) in [5.41, 5.74) is 3.04. The van der Waals surface area contributed by atoms with Crippen molar-refractivity contribution in [3.8, 4) is 34.1 Å². The Labute approximate surface area is 256 Å². The molecule has 0 aromatic heterocycles. The van der Waals surface area contributed by atoms with Gasteiger partial charge in [0.15, 0.2) is 5.78 Å². The van der Waals surface area contributed by atoms with Crippen LogP contribution >= 0.6 is 0 Å². The Morgan fingerprint density at radius 1 is 0.386 bits per heavy atom. The number of hydrogen-bond donors (Lipinski definition) is 0. The minimum absolute atomic E-state index is 0.0415. The van der Waals surface area contributed by atoms with Crippen LogP contribution in [0, 0.1) is 0 Å². The van der Waals surface area contributed by atoms with Crippen LogP contribution in [0.3, 0.4) is 0 Å². The predicted octanol–water partition coefficient (Wildman–Crippen LogP) is 5.35. The van der Waals surface area contributed by atoms with Crippen LogP contribution in [0.5, 0.6) is 23.0 Å². The lowest BCUT2D eigenvalue weighted by Crippen LogP contribution is -2.13. The van der Waals surface area contributed by atoms with Crippen molar-refractivity contribution in [1.82, 2.24) is 0 Å². The van der Waals surface area contributed by atoms with E-state index in [1.165, 1.54) is 0 Å². The molecule has 1 aliphatic heterocycles. The smallest absolute Gasteiger partial charge is 0.194 e. The van der Waals surface area contributed by atoms with Gasteiger partial charge in [-0.25, -0.2) is 0 Å². The zero-order valence-electron chi connectivity index (χ0n) is 24.6. The first-order valence-electron chi connectivity index (χ1n) is 14.9. The van der Waals surface area contributed by atoms with Crippen molar-refractivity contribution in [2.24, 2.45) is 0 Å². The number of fused-ring (bicyclic) bond motifs is 3. The molecule has 0 spiro atoms. The van der Waals surface area contributed by atoms with E-state index >= 15 is 0 Å². The Bertz CT molecular complexity index is 1450. The van der Waals surface area contributed by atoms with Gasteiger partial charge in [0.25, 0.3) is 0 Å². The average molecular weight is 601 g/mol. The third-order valence-electron chi connectivity index (χ3n) is 7.31. The molecule has 0 saturated carbocycles. The Morgan fingerprint density at radius 3 is 1.20 bits per heavy atom. The van der Waals surface area contributed by atoms with Gasteiger partial charge in [-0.2, -0.15) is 0 Å². The van der Waals surface area contributed by atoms with Gasteiger partial charge in [-0.1, -0.05) is 24.3 Å². The summed E-state index contributed by atoms with van der Waals surface area (Å²) in [7, 11) is 0. The molecule has 4 aromatic rings. The summed E-state index contributed by atoms with van der Waals surface area (Å²) in [6, 6.07) is 23.0. The zero-order chi connectivity index (χ0) is 30.0. The van der Waals surface area contributed by atoms with E-state index in [1.807, 2.05) is 60.7 Å². The molecule has 1 heterocycles. The highest BCUT2D eigenvalue weighted by molar-refractivity contribution is 6.22. The maximum absolute atomic E-state index is 13.2. The normalized spacial score (nSPS) is 17.3. The molecule has 9 nitrogen and oxygen atoms in total. The number of hydrogen-bond acceptors (Lipinski definition) is 9. The van der Waals surface area contributed by atoms with Gasteiger partial charge in [0, 0.05) is 21.9 Å². The highest BCUT2D eigenvalue weighted by Crippen LogP contribution is 2.40. The van der Waals surface area contributed by atoms with Crippen LogP contribution in [0.2, 0.25) is 0 Å². The minimum atomic E-state index is -0.0415. The van der Waals surface area contributed by atoms with Crippen LogP contribution in [0.1, 0.15) is 15.9 Å². The summed E-state index contributed by atoms with van der Waals surface area (Å²) in [6.07, 6.45) is 0. The maximum Gasteiger partial charge on any atom is 0.194 e. The first kappa shape index (κ1) is 29.9. The Morgan fingerprint density at radius 2 is 0.773 bits per heavy atom. The van der Waals surface area contributed by atoms with Gasteiger partial charge < -0.3 is 37.9 Å². The summed E-state index contributed by atoms with van der Waals surface area (Å²) < 4.78 is 46.4. The van der Waals surface area contributed by atoms with E-state index in [-0.39, 0.29) is 5.78 Å². The second kappa shape index (κ2) is 15.0. The largest absolute Gasteiger partial charge is 0.491 e. The van der Waals surface area contributed by atoms with Crippen molar-refractivity contribution < 1.29 is 42.7 Å². The van der Waals surface area contributed by atoms with Gasteiger partial charge in [0.05, 0.1) is 52.9 Å². The molecule has 0 N–H and O–H groups in total. The maximum atomic E-state index is 13.2. The fourth-order valence-electron chi connectivity index (χ4n) is 5.22. The van der Waals surface area contributed by atoms with Gasteiger partial charge in [-0.3, -0.25) is 4.79 Å². The molecule has 0 saturated heterocycles. The second-order valence-corrected chi connectivity index (χ2v) is 10.2. The van der Waals surface area contributed by atoms with Crippen LogP contribution in [0.15, 0.2) is 72.8 Å². The Hall–Kier alpha value is -4.15. The zero-order valence-corrected chi connectivity index (χ0v) is 24.6. The molecule has 44 heavy (non-hydrogen) atoms. The molecule has 1 aliphatic carbocycles. The molecule has 0 unspecified atom stereocenters. The summed E-state index contributed by atoms with van der Waals surface area (Å²) in [6.45, 7) is 5.01. The highest BCUT2D eigenvalue weighted by atomic mass is 16.6. The highest BCUT2D eigenvalue weighted by Gasteiger charge is 2.27. The average Bonchev–Trinajstić information content (AvgIpc) is 3.32. The molecule has 2 aliphatic rings. The first-order valence-corrected chi connectivity index (χ1v) is 14.9. The molecule has 0 fully saturated rings. The summed E-state index contributed by atoms with van der Waals surface area (Å²) in [5.74, 6) is 2.77. The third kappa shape index (κ3) is 7.31. The fourth-order valence-corrected chi connectivity index (χ4v) is 5.22.